The lowest BCUT2D eigenvalue weighted by atomic mass is 9.97. The molecule has 0 radical (unpaired) electrons. The lowest BCUT2D eigenvalue weighted by Gasteiger charge is -2.40. The molecule has 1 unspecified atom stereocenters. The maximum Gasteiger partial charge on any atom is 0.410 e. The van der Waals surface area contributed by atoms with Crippen LogP contribution in [-0.2, 0) is 4.74 Å². The fraction of sp³-hybridized carbons (Fsp3) is 0.579. The molecular weight excluding hydrogens is 384 g/mol. The number of aromatic nitrogens is 3. The summed E-state index contributed by atoms with van der Waals surface area (Å²) in [6.07, 6.45) is 4.02. The molecule has 8 nitrogen and oxygen atoms in total. The van der Waals surface area contributed by atoms with E-state index < -0.39 is 16.7 Å². The number of hydrogen-bond donors (Lipinski definition) is 1. The van der Waals surface area contributed by atoms with Crippen LogP contribution in [0.15, 0.2) is 21.9 Å². The Kier molecular flexibility index (Phi) is 4.49. The van der Waals surface area contributed by atoms with E-state index in [2.05, 4.69) is 9.97 Å². The van der Waals surface area contributed by atoms with E-state index in [1.807, 2.05) is 25.7 Å². The van der Waals surface area contributed by atoms with Crippen molar-refractivity contribution in [2.24, 2.45) is 0 Å². The van der Waals surface area contributed by atoms with E-state index in [4.69, 9.17) is 16.3 Å². The molecule has 2 aromatic heterocycles. The van der Waals surface area contributed by atoms with Gasteiger partial charge in [-0.25, -0.2) is 9.78 Å². The summed E-state index contributed by atoms with van der Waals surface area (Å²) in [6.45, 7) is 5.54. The minimum atomic E-state index is -0.696. The van der Waals surface area contributed by atoms with Gasteiger partial charge in [0.1, 0.15) is 5.60 Å². The molecule has 9 heteroatoms. The van der Waals surface area contributed by atoms with E-state index in [1.165, 1.54) is 10.8 Å². The third kappa shape index (κ3) is 3.30. The Labute approximate surface area is 166 Å². The van der Waals surface area contributed by atoms with E-state index in [9.17, 15) is 14.4 Å². The number of rotatable bonds is 1. The second-order valence-electron chi connectivity index (χ2n) is 8.55. The highest BCUT2D eigenvalue weighted by atomic mass is 35.5. The Bertz CT molecular complexity index is 1040. The van der Waals surface area contributed by atoms with Gasteiger partial charge in [0.15, 0.2) is 5.65 Å². The van der Waals surface area contributed by atoms with Crippen molar-refractivity contribution in [1.29, 1.82) is 0 Å². The van der Waals surface area contributed by atoms with Crippen LogP contribution < -0.4 is 11.1 Å². The predicted molar refractivity (Wildman–Crippen MR) is 105 cm³/mol. The quantitative estimate of drug-likeness (QED) is 0.734. The van der Waals surface area contributed by atoms with Crippen LogP contribution in [-0.4, -0.2) is 43.2 Å². The highest BCUT2D eigenvalue weighted by molar-refractivity contribution is 6.30. The molecule has 0 aromatic carbocycles. The van der Waals surface area contributed by atoms with E-state index in [0.717, 1.165) is 12.8 Å². The van der Waals surface area contributed by atoms with Crippen LogP contribution in [0.4, 0.5) is 4.79 Å². The summed E-state index contributed by atoms with van der Waals surface area (Å²) in [6, 6.07) is 1.34. The van der Waals surface area contributed by atoms with Gasteiger partial charge in [0.25, 0.3) is 0 Å². The van der Waals surface area contributed by atoms with Crippen molar-refractivity contribution in [2.45, 2.75) is 70.2 Å². The average Bonchev–Trinajstić information content (AvgIpc) is 2.85. The first kappa shape index (κ1) is 19.0. The van der Waals surface area contributed by atoms with Crippen LogP contribution in [0.2, 0.25) is 5.02 Å². The molecule has 2 saturated heterocycles. The molecule has 4 rings (SSSR count). The summed E-state index contributed by atoms with van der Waals surface area (Å²) < 4.78 is 7.04. The smallest absolute Gasteiger partial charge is 0.410 e. The summed E-state index contributed by atoms with van der Waals surface area (Å²) in [5, 5.41) is 0.383. The number of pyridine rings is 1. The molecule has 0 saturated carbocycles. The van der Waals surface area contributed by atoms with Crippen LogP contribution in [0.1, 0.15) is 52.5 Å². The zero-order valence-corrected chi connectivity index (χ0v) is 16.8. The van der Waals surface area contributed by atoms with Crippen molar-refractivity contribution in [3.63, 3.8) is 0 Å². The number of nitrogens with one attached hydrogen (secondary N) is 1. The number of halogens is 1. The van der Waals surface area contributed by atoms with Gasteiger partial charge in [-0.05, 0) is 52.5 Å². The number of fused-ring (bicyclic) bond motifs is 3. The molecular formula is C19H23ClN4O4. The predicted octanol–water partition coefficient (Wildman–Crippen LogP) is 2.84. The number of carbonyl (C=O) groups is 1. The Morgan fingerprint density at radius 2 is 1.86 bits per heavy atom. The van der Waals surface area contributed by atoms with Gasteiger partial charge in [-0.3, -0.25) is 14.2 Å². The van der Waals surface area contributed by atoms with Crippen LogP contribution in [0.25, 0.3) is 11.2 Å². The second-order valence-corrected chi connectivity index (χ2v) is 8.99. The van der Waals surface area contributed by atoms with E-state index in [-0.39, 0.29) is 24.2 Å². The van der Waals surface area contributed by atoms with Crippen molar-refractivity contribution >= 4 is 28.9 Å². The van der Waals surface area contributed by atoms with E-state index >= 15 is 0 Å². The van der Waals surface area contributed by atoms with Gasteiger partial charge in [-0.1, -0.05) is 11.6 Å². The Hall–Kier alpha value is -2.35. The van der Waals surface area contributed by atoms with Gasteiger partial charge in [0.2, 0.25) is 0 Å². The fourth-order valence-corrected chi connectivity index (χ4v) is 4.57. The number of carbonyl (C=O) groups excluding carboxylic acids is 1. The third-order valence-corrected chi connectivity index (χ3v) is 5.61. The summed E-state index contributed by atoms with van der Waals surface area (Å²) in [4.78, 5) is 46.1. The highest BCUT2D eigenvalue weighted by Crippen LogP contribution is 2.41. The van der Waals surface area contributed by atoms with Gasteiger partial charge in [0.05, 0.1) is 10.5 Å². The van der Waals surface area contributed by atoms with Crippen LogP contribution in [0.3, 0.4) is 0 Å². The lowest BCUT2D eigenvalue weighted by molar-refractivity contribution is 0.00296. The van der Waals surface area contributed by atoms with Crippen molar-refractivity contribution in [1.82, 2.24) is 19.4 Å². The van der Waals surface area contributed by atoms with E-state index in [1.54, 1.807) is 6.07 Å². The topological polar surface area (TPSA) is 97.3 Å². The second kappa shape index (κ2) is 6.62. The maximum absolute atomic E-state index is 12.6. The molecule has 3 atom stereocenters. The Balaban J connectivity index is 1.69. The van der Waals surface area contributed by atoms with E-state index in [0.29, 0.717) is 29.0 Å². The molecule has 2 bridgehead atoms. The fourth-order valence-electron chi connectivity index (χ4n) is 4.41. The summed E-state index contributed by atoms with van der Waals surface area (Å²) in [7, 11) is 0. The average molecular weight is 407 g/mol. The number of aromatic amines is 1. The number of H-pyrrole nitrogens is 1. The first-order chi connectivity index (χ1) is 13.1. The van der Waals surface area contributed by atoms with Gasteiger partial charge >= 0.3 is 17.2 Å². The molecule has 28 heavy (non-hydrogen) atoms. The molecule has 0 spiro atoms. The minimum Gasteiger partial charge on any atom is -0.444 e. The first-order valence-corrected chi connectivity index (χ1v) is 9.83. The van der Waals surface area contributed by atoms with Crippen molar-refractivity contribution < 1.29 is 9.53 Å². The summed E-state index contributed by atoms with van der Waals surface area (Å²) in [5.41, 5.74) is -1.05. The molecule has 1 N–H and O–H groups in total. The van der Waals surface area contributed by atoms with Crippen LogP contribution in [0.5, 0.6) is 0 Å². The number of nitrogens with zero attached hydrogens (tertiary/aromatic N) is 3. The maximum atomic E-state index is 12.6. The zero-order valence-electron chi connectivity index (χ0n) is 16.1. The van der Waals surface area contributed by atoms with Gasteiger partial charge in [0, 0.05) is 24.3 Å². The summed E-state index contributed by atoms with van der Waals surface area (Å²) in [5.74, 6) is 0. The first-order valence-electron chi connectivity index (χ1n) is 9.45. The van der Waals surface area contributed by atoms with Crippen molar-refractivity contribution in [2.75, 3.05) is 0 Å². The highest BCUT2D eigenvalue weighted by Gasteiger charge is 2.45. The van der Waals surface area contributed by atoms with Gasteiger partial charge in [-0.2, -0.15) is 0 Å². The Morgan fingerprint density at radius 3 is 2.46 bits per heavy atom. The SMILES string of the molecule is CC(C)(C)OC(=O)N1[C@@H]2CC[C@H]1CC(n1c(=O)c(=O)[nH]c3cc(Cl)cnc31)C2. The van der Waals surface area contributed by atoms with Gasteiger partial charge < -0.3 is 14.6 Å². The normalized spacial score (nSPS) is 24.6. The lowest BCUT2D eigenvalue weighted by Crippen LogP contribution is -2.50. The van der Waals surface area contributed by atoms with Crippen molar-refractivity contribution in [3.8, 4) is 0 Å². The largest absolute Gasteiger partial charge is 0.444 e. The number of amides is 1. The van der Waals surface area contributed by atoms with Crippen LogP contribution >= 0.6 is 11.6 Å². The molecule has 4 heterocycles. The number of hydrogen-bond acceptors (Lipinski definition) is 5. The van der Waals surface area contributed by atoms with Crippen molar-refractivity contribution in [3.05, 3.63) is 38.0 Å². The molecule has 1 amide bonds. The molecule has 2 aliphatic rings. The van der Waals surface area contributed by atoms with Crippen LogP contribution in [0, 0.1) is 0 Å². The molecule has 0 aliphatic carbocycles. The number of piperidine rings is 1. The molecule has 2 fully saturated rings. The molecule has 2 aromatic rings. The zero-order chi connectivity index (χ0) is 20.2. The summed E-state index contributed by atoms with van der Waals surface area (Å²) >= 11 is 5.98. The minimum absolute atomic E-state index is 0.0212. The number of ether oxygens (including phenoxy) is 1. The molecule has 2 aliphatic heterocycles. The molecule has 150 valence electrons. The standard InChI is InChI=1S/C19H23ClN4O4/c1-19(2,3)28-18(27)23-11-4-5-12(23)8-13(7-11)24-15-14(6-10(20)9-21-15)22-16(25)17(24)26/h6,9,11-13H,4-5,7-8H2,1-3H3,(H,22,25)/t11-,12+,13?. The van der Waals surface area contributed by atoms with Gasteiger partial charge in [-0.15, -0.1) is 0 Å². The Morgan fingerprint density at radius 1 is 1.21 bits per heavy atom. The monoisotopic (exact) mass is 406 g/mol. The third-order valence-electron chi connectivity index (χ3n) is 5.40.